The van der Waals surface area contributed by atoms with Gasteiger partial charge in [0.2, 0.25) is 0 Å². The lowest BCUT2D eigenvalue weighted by Crippen LogP contribution is -2.30. The summed E-state index contributed by atoms with van der Waals surface area (Å²) in [5.74, 6) is 0. The second kappa shape index (κ2) is 8.25. The van der Waals surface area contributed by atoms with E-state index in [0.29, 0.717) is 6.42 Å². The molecule has 0 saturated carbocycles. The van der Waals surface area contributed by atoms with E-state index in [-0.39, 0.29) is 6.54 Å². The highest BCUT2D eigenvalue weighted by Crippen LogP contribution is 2.30. The predicted octanol–water partition coefficient (Wildman–Crippen LogP) is 4.56. The van der Waals surface area contributed by atoms with E-state index in [0.717, 1.165) is 18.4 Å². The van der Waals surface area contributed by atoms with Crippen LogP contribution < -0.4 is 5.73 Å². The SMILES string of the molecule is CCCCCCCCC(F)(CN)c1ccccc1. The minimum atomic E-state index is -1.34. The molecule has 18 heavy (non-hydrogen) atoms. The van der Waals surface area contributed by atoms with Crippen molar-refractivity contribution in [3.63, 3.8) is 0 Å². The Morgan fingerprint density at radius 2 is 1.61 bits per heavy atom. The summed E-state index contributed by atoms with van der Waals surface area (Å²) in [6.45, 7) is 2.28. The fourth-order valence-electron chi connectivity index (χ4n) is 2.29. The van der Waals surface area contributed by atoms with Crippen molar-refractivity contribution in [1.82, 2.24) is 0 Å². The van der Waals surface area contributed by atoms with Crippen LogP contribution in [0.2, 0.25) is 0 Å². The highest BCUT2D eigenvalue weighted by Gasteiger charge is 2.29. The first-order valence-electron chi connectivity index (χ1n) is 7.17. The molecule has 1 aromatic rings. The molecule has 2 N–H and O–H groups in total. The fourth-order valence-corrected chi connectivity index (χ4v) is 2.29. The molecule has 1 nitrogen and oxygen atoms in total. The molecule has 0 aliphatic rings. The molecule has 0 bridgehead atoms. The number of rotatable bonds is 9. The molecular weight excluding hydrogens is 225 g/mol. The topological polar surface area (TPSA) is 26.0 Å². The smallest absolute Gasteiger partial charge is 0.148 e. The van der Waals surface area contributed by atoms with Crippen LogP contribution in [0.3, 0.4) is 0 Å². The van der Waals surface area contributed by atoms with Crippen molar-refractivity contribution in [2.45, 2.75) is 57.5 Å². The van der Waals surface area contributed by atoms with Gasteiger partial charge in [-0.2, -0.15) is 0 Å². The Bertz CT molecular complexity index is 312. The molecule has 0 fully saturated rings. The maximum absolute atomic E-state index is 14.7. The Balaban J connectivity index is 2.37. The van der Waals surface area contributed by atoms with Crippen LogP contribution in [-0.2, 0) is 5.67 Å². The molecule has 1 aromatic carbocycles. The van der Waals surface area contributed by atoms with Crippen molar-refractivity contribution < 1.29 is 4.39 Å². The van der Waals surface area contributed by atoms with Crippen molar-refractivity contribution in [2.75, 3.05) is 6.54 Å². The summed E-state index contributed by atoms with van der Waals surface area (Å²) in [6, 6.07) is 9.33. The standard InChI is InChI=1S/C16H26FN/c1-2-3-4-5-6-10-13-16(17,14-18)15-11-8-7-9-12-15/h7-9,11-12H,2-6,10,13-14,18H2,1H3. The lowest BCUT2D eigenvalue weighted by molar-refractivity contribution is 0.155. The summed E-state index contributed by atoms with van der Waals surface area (Å²) in [5, 5.41) is 0. The number of hydrogen-bond donors (Lipinski definition) is 1. The van der Waals surface area contributed by atoms with E-state index >= 15 is 0 Å². The van der Waals surface area contributed by atoms with E-state index < -0.39 is 5.67 Å². The van der Waals surface area contributed by atoms with Crippen molar-refractivity contribution in [2.24, 2.45) is 5.73 Å². The van der Waals surface area contributed by atoms with Gasteiger partial charge in [-0.05, 0) is 18.4 Å². The molecule has 102 valence electrons. The van der Waals surface area contributed by atoms with Gasteiger partial charge in [-0.1, -0.05) is 69.4 Å². The average Bonchev–Trinajstić information content (AvgIpc) is 2.43. The summed E-state index contributed by atoms with van der Waals surface area (Å²) in [5.41, 5.74) is 5.01. The number of alkyl halides is 1. The van der Waals surface area contributed by atoms with Crippen LogP contribution in [0.5, 0.6) is 0 Å². The first-order chi connectivity index (χ1) is 8.73. The van der Waals surface area contributed by atoms with Gasteiger partial charge < -0.3 is 5.73 Å². The Labute approximate surface area is 111 Å². The number of hydrogen-bond acceptors (Lipinski definition) is 1. The third kappa shape index (κ3) is 4.77. The minimum Gasteiger partial charge on any atom is -0.327 e. The lowest BCUT2D eigenvalue weighted by atomic mass is 9.90. The number of unbranched alkanes of at least 4 members (excludes halogenated alkanes) is 5. The van der Waals surface area contributed by atoms with Crippen molar-refractivity contribution >= 4 is 0 Å². The van der Waals surface area contributed by atoms with Crippen molar-refractivity contribution in [1.29, 1.82) is 0 Å². The van der Waals surface area contributed by atoms with Gasteiger partial charge in [0.1, 0.15) is 5.67 Å². The zero-order valence-corrected chi connectivity index (χ0v) is 11.5. The highest BCUT2D eigenvalue weighted by atomic mass is 19.1. The first kappa shape index (κ1) is 15.2. The van der Waals surface area contributed by atoms with E-state index in [1.165, 1.54) is 25.7 Å². The zero-order chi connectivity index (χ0) is 13.3. The van der Waals surface area contributed by atoms with Gasteiger partial charge in [0, 0.05) is 6.54 Å². The number of halogens is 1. The van der Waals surface area contributed by atoms with Crippen LogP contribution in [0.4, 0.5) is 4.39 Å². The Morgan fingerprint density at radius 3 is 2.22 bits per heavy atom. The normalized spacial score (nSPS) is 14.4. The molecule has 1 unspecified atom stereocenters. The Kier molecular flexibility index (Phi) is 6.96. The van der Waals surface area contributed by atoms with Gasteiger partial charge in [0.05, 0.1) is 0 Å². The van der Waals surface area contributed by atoms with Gasteiger partial charge in [0.15, 0.2) is 0 Å². The van der Waals surface area contributed by atoms with Gasteiger partial charge in [-0.3, -0.25) is 0 Å². The molecule has 0 saturated heterocycles. The van der Waals surface area contributed by atoms with Crippen molar-refractivity contribution in [3.8, 4) is 0 Å². The second-order valence-electron chi connectivity index (χ2n) is 5.05. The van der Waals surface area contributed by atoms with Crippen LogP contribution in [0, 0.1) is 0 Å². The summed E-state index contributed by atoms with van der Waals surface area (Å²) in [6.07, 6.45) is 7.59. The summed E-state index contributed by atoms with van der Waals surface area (Å²) in [4.78, 5) is 0. The Hall–Kier alpha value is -0.890. The molecule has 0 aliphatic heterocycles. The van der Waals surface area contributed by atoms with Crippen LogP contribution in [-0.4, -0.2) is 6.54 Å². The van der Waals surface area contributed by atoms with Crippen molar-refractivity contribution in [3.05, 3.63) is 35.9 Å². The molecular formula is C16H26FN. The number of nitrogens with two attached hydrogens (primary N) is 1. The minimum absolute atomic E-state index is 0.0754. The van der Waals surface area contributed by atoms with Gasteiger partial charge in [0.25, 0.3) is 0 Å². The molecule has 1 rings (SSSR count). The van der Waals surface area contributed by atoms with Crippen LogP contribution >= 0.6 is 0 Å². The largest absolute Gasteiger partial charge is 0.327 e. The molecule has 1 atom stereocenters. The summed E-state index contributed by atoms with van der Waals surface area (Å²) < 4.78 is 14.7. The molecule has 2 heteroatoms. The monoisotopic (exact) mass is 251 g/mol. The third-order valence-electron chi connectivity index (χ3n) is 3.54. The second-order valence-corrected chi connectivity index (χ2v) is 5.05. The van der Waals surface area contributed by atoms with E-state index in [2.05, 4.69) is 6.92 Å². The quantitative estimate of drug-likeness (QED) is 0.640. The van der Waals surface area contributed by atoms with Gasteiger partial charge >= 0.3 is 0 Å². The Morgan fingerprint density at radius 1 is 1.00 bits per heavy atom. The van der Waals surface area contributed by atoms with E-state index in [9.17, 15) is 4.39 Å². The maximum atomic E-state index is 14.7. The highest BCUT2D eigenvalue weighted by molar-refractivity contribution is 5.22. The number of benzene rings is 1. The molecule has 0 aromatic heterocycles. The molecule has 0 amide bonds. The summed E-state index contributed by atoms with van der Waals surface area (Å²) >= 11 is 0. The maximum Gasteiger partial charge on any atom is 0.148 e. The van der Waals surface area contributed by atoms with Crippen LogP contribution in [0.15, 0.2) is 30.3 Å². The molecule has 0 aliphatic carbocycles. The van der Waals surface area contributed by atoms with E-state index in [4.69, 9.17) is 5.73 Å². The van der Waals surface area contributed by atoms with Crippen LogP contribution in [0.1, 0.15) is 57.4 Å². The zero-order valence-electron chi connectivity index (χ0n) is 11.5. The van der Waals surface area contributed by atoms with E-state index in [1.807, 2.05) is 30.3 Å². The van der Waals surface area contributed by atoms with Crippen LogP contribution in [0.25, 0.3) is 0 Å². The van der Waals surface area contributed by atoms with Gasteiger partial charge in [-0.15, -0.1) is 0 Å². The summed E-state index contributed by atoms with van der Waals surface area (Å²) in [7, 11) is 0. The molecule has 0 spiro atoms. The average molecular weight is 251 g/mol. The fraction of sp³-hybridized carbons (Fsp3) is 0.625. The molecule has 0 heterocycles. The lowest BCUT2D eigenvalue weighted by Gasteiger charge is -2.24. The van der Waals surface area contributed by atoms with Gasteiger partial charge in [-0.25, -0.2) is 4.39 Å². The predicted molar refractivity (Wildman–Crippen MR) is 76.3 cm³/mol. The first-order valence-corrected chi connectivity index (χ1v) is 7.17. The third-order valence-corrected chi connectivity index (χ3v) is 3.54. The molecule has 0 radical (unpaired) electrons. The van der Waals surface area contributed by atoms with E-state index in [1.54, 1.807) is 0 Å².